The lowest BCUT2D eigenvalue weighted by Crippen LogP contribution is -2.40. The largest absolute Gasteiger partial charge is 0.292 e. The molecular weight excluding hydrogens is 266 g/mol. The van der Waals surface area contributed by atoms with Gasteiger partial charge in [-0.15, -0.1) is 11.3 Å². The SMILES string of the molecule is CCC(C(=O)c1ccccc1)N(CC)Cc1cccs1. The molecule has 20 heavy (non-hydrogen) atoms. The molecular formula is C17H21NOS. The molecule has 0 aliphatic rings. The molecule has 0 aliphatic carbocycles. The summed E-state index contributed by atoms with van der Waals surface area (Å²) in [5.74, 6) is 0.228. The average Bonchev–Trinajstić information content (AvgIpc) is 3.00. The predicted molar refractivity (Wildman–Crippen MR) is 85.3 cm³/mol. The minimum Gasteiger partial charge on any atom is -0.292 e. The van der Waals surface area contributed by atoms with Gasteiger partial charge in [-0.25, -0.2) is 0 Å². The quantitative estimate of drug-likeness (QED) is 0.710. The highest BCUT2D eigenvalue weighted by atomic mass is 32.1. The van der Waals surface area contributed by atoms with E-state index in [2.05, 4.69) is 36.3 Å². The van der Waals surface area contributed by atoms with Crippen molar-refractivity contribution in [3.05, 3.63) is 58.3 Å². The van der Waals surface area contributed by atoms with Gasteiger partial charge >= 0.3 is 0 Å². The van der Waals surface area contributed by atoms with Crippen molar-refractivity contribution in [3.8, 4) is 0 Å². The monoisotopic (exact) mass is 287 g/mol. The Labute approximate surface area is 125 Å². The van der Waals surface area contributed by atoms with Crippen molar-refractivity contribution >= 4 is 17.1 Å². The third-order valence-corrected chi connectivity index (χ3v) is 4.39. The topological polar surface area (TPSA) is 20.3 Å². The van der Waals surface area contributed by atoms with Gasteiger partial charge in [-0.05, 0) is 24.4 Å². The number of nitrogens with zero attached hydrogens (tertiary/aromatic N) is 1. The van der Waals surface area contributed by atoms with E-state index < -0.39 is 0 Å². The molecule has 0 amide bonds. The molecule has 0 saturated heterocycles. The van der Waals surface area contributed by atoms with Crippen LogP contribution in [0.5, 0.6) is 0 Å². The Morgan fingerprint density at radius 2 is 1.90 bits per heavy atom. The van der Waals surface area contributed by atoms with Crippen LogP contribution in [0.2, 0.25) is 0 Å². The number of carbonyl (C=O) groups excluding carboxylic acids is 1. The Bertz CT molecular complexity index is 521. The number of hydrogen-bond donors (Lipinski definition) is 0. The first-order valence-corrected chi connectivity index (χ1v) is 7.99. The van der Waals surface area contributed by atoms with Crippen LogP contribution >= 0.6 is 11.3 Å². The number of likely N-dealkylation sites (N-methyl/N-ethyl adjacent to an activating group) is 1. The van der Waals surface area contributed by atoms with E-state index in [1.165, 1.54) is 4.88 Å². The van der Waals surface area contributed by atoms with Crippen molar-refractivity contribution in [2.45, 2.75) is 32.9 Å². The molecule has 106 valence electrons. The van der Waals surface area contributed by atoms with Crippen LogP contribution in [0.25, 0.3) is 0 Å². The van der Waals surface area contributed by atoms with Gasteiger partial charge in [-0.3, -0.25) is 9.69 Å². The van der Waals surface area contributed by atoms with E-state index in [-0.39, 0.29) is 11.8 Å². The van der Waals surface area contributed by atoms with Gasteiger partial charge in [0.15, 0.2) is 5.78 Å². The first kappa shape index (κ1) is 14.9. The van der Waals surface area contributed by atoms with Gasteiger partial charge in [0.25, 0.3) is 0 Å². The van der Waals surface area contributed by atoms with Gasteiger partial charge in [0.05, 0.1) is 6.04 Å². The van der Waals surface area contributed by atoms with Crippen molar-refractivity contribution in [1.82, 2.24) is 4.90 Å². The lowest BCUT2D eigenvalue weighted by atomic mass is 10.0. The van der Waals surface area contributed by atoms with E-state index >= 15 is 0 Å². The molecule has 0 radical (unpaired) electrons. The molecule has 0 fully saturated rings. The van der Waals surface area contributed by atoms with E-state index in [9.17, 15) is 4.79 Å². The fourth-order valence-corrected chi connectivity index (χ4v) is 3.18. The molecule has 2 aromatic rings. The summed E-state index contributed by atoms with van der Waals surface area (Å²) in [6.07, 6.45) is 0.840. The first-order valence-electron chi connectivity index (χ1n) is 7.12. The maximum atomic E-state index is 12.7. The Balaban J connectivity index is 2.14. The number of thiophene rings is 1. The number of hydrogen-bond acceptors (Lipinski definition) is 3. The van der Waals surface area contributed by atoms with Crippen LogP contribution in [-0.4, -0.2) is 23.3 Å². The zero-order chi connectivity index (χ0) is 14.4. The first-order chi connectivity index (χ1) is 9.76. The lowest BCUT2D eigenvalue weighted by Gasteiger charge is -2.28. The Morgan fingerprint density at radius 1 is 1.15 bits per heavy atom. The third-order valence-electron chi connectivity index (χ3n) is 3.53. The summed E-state index contributed by atoms with van der Waals surface area (Å²) in [5, 5.41) is 2.09. The van der Waals surface area contributed by atoms with Crippen LogP contribution in [0.3, 0.4) is 0 Å². The Hall–Kier alpha value is -1.45. The number of carbonyl (C=O) groups is 1. The summed E-state index contributed by atoms with van der Waals surface area (Å²) >= 11 is 1.75. The second-order valence-electron chi connectivity index (χ2n) is 4.80. The number of ketones is 1. The molecule has 1 atom stereocenters. The predicted octanol–water partition coefficient (Wildman–Crippen LogP) is 4.23. The van der Waals surface area contributed by atoms with Gasteiger partial charge in [-0.1, -0.05) is 50.2 Å². The van der Waals surface area contributed by atoms with Crippen molar-refractivity contribution in [1.29, 1.82) is 0 Å². The van der Waals surface area contributed by atoms with Crippen molar-refractivity contribution in [3.63, 3.8) is 0 Å². The third kappa shape index (κ3) is 3.56. The minimum absolute atomic E-state index is 0.0375. The van der Waals surface area contributed by atoms with Gasteiger partial charge < -0.3 is 0 Å². The van der Waals surface area contributed by atoms with Gasteiger partial charge in [0.2, 0.25) is 0 Å². The summed E-state index contributed by atoms with van der Waals surface area (Å²) in [7, 11) is 0. The van der Waals surface area contributed by atoms with Crippen LogP contribution < -0.4 is 0 Å². The van der Waals surface area contributed by atoms with E-state index in [4.69, 9.17) is 0 Å². The molecule has 0 bridgehead atoms. The summed E-state index contributed by atoms with van der Waals surface area (Å²) in [6, 6.07) is 13.8. The van der Waals surface area contributed by atoms with Crippen LogP contribution in [0.4, 0.5) is 0 Å². The smallest absolute Gasteiger partial charge is 0.179 e. The number of benzene rings is 1. The highest BCUT2D eigenvalue weighted by Gasteiger charge is 2.24. The van der Waals surface area contributed by atoms with E-state index in [0.29, 0.717) is 0 Å². The molecule has 1 heterocycles. The number of rotatable bonds is 7. The maximum Gasteiger partial charge on any atom is 0.179 e. The Morgan fingerprint density at radius 3 is 2.45 bits per heavy atom. The molecule has 2 rings (SSSR count). The summed E-state index contributed by atoms with van der Waals surface area (Å²) in [4.78, 5) is 16.2. The molecule has 0 aliphatic heterocycles. The standard InChI is InChI=1S/C17H21NOS/c1-3-16(17(19)14-9-6-5-7-10-14)18(4-2)13-15-11-8-12-20-15/h5-12,16H,3-4,13H2,1-2H3. The van der Waals surface area contributed by atoms with E-state index in [0.717, 1.165) is 25.1 Å². The summed E-state index contributed by atoms with van der Waals surface area (Å²) in [5.41, 5.74) is 0.809. The van der Waals surface area contributed by atoms with Crippen LogP contribution in [0, 0.1) is 0 Å². The zero-order valence-electron chi connectivity index (χ0n) is 12.1. The second kappa shape index (κ2) is 7.36. The van der Waals surface area contributed by atoms with Crippen molar-refractivity contribution < 1.29 is 4.79 Å². The molecule has 1 aromatic heterocycles. The second-order valence-corrected chi connectivity index (χ2v) is 5.83. The molecule has 1 aromatic carbocycles. The summed E-state index contributed by atoms with van der Waals surface area (Å²) < 4.78 is 0. The normalized spacial score (nSPS) is 12.6. The highest BCUT2D eigenvalue weighted by Crippen LogP contribution is 2.18. The fourth-order valence-electron chi connectivity index (χ4n) is 2.45. The van der Waals surface area contributed by atoms with Gasteiger partial charge in [-0.2, -0.15) is 0 Å². The Kier molecular flexibility index (Phi) is 5.50. The van der Waals surface area contributed by atoms with E-state index in [1.807, 2.05) is 30.3 Å². The van der Waals surface area contributed by atoms with Crippen LogP contribution in [-0.2, 0) is 6.54 Å². The zero-order valence-corrected chi connectivity index (χ0v) is 12.9. The molecule has 0 spiro atoms. The number of Topliss-reactive ketones (excluding diaryl/α,β-unsaturated/α-hetero) is 1. The lowest BCUT2D eigenvalue weighted by molar-refractivity contribution is 0.0809. The average molecular weight is 287 g/mol. The summed E-state index contributed by atoms with van der Waals surface area (Å²) in [6.45, 7) is 5.94. The van der Waals surface area contributed by atoms with Gasteiger partial charge in [0, 0.05) is 17.0 Å². The van der Waals surface area contributed by atoms with Crippen molar-refractivity contribution in [2.24, 2.45) is 0 Å². The molecule has 1 unspecified atom stereocenters. The van der Waals surface area contributed by atoms with E-state index in [1.54, 1.807) is 11.3 Å². The van der Waals surface area contributed by atoms with Crippen LogP contribution in [0.15, 0.2) is 47.8 Å². The molecule has 2 nitrogen and oxygen atoms in total. The fraction of sp³-hybridized carbons (Fsp3) is 0.353. The van der Waals surface area contributed by atoms with Crippen LogP contribution in [0.1, 0.15) is 35.5 Å². The highest BCUT2D eigenvalue weighted by molar-refractivity contribution is 7.09. The maximum absolute atomic E-state index is 12.7. The minimum atomic E-state index is -0.0375. The molecule has 3 heteroatoms. The van der Waals surface area contributed by atoms with Gasteiger partial charge in [0.1, 0.15) is 0 Å². The van der Waals surface area contributed by atoms with Crippen molar-refractivity contribution in [2.75, 3.05) is 6.54 Å². The molecule has 0 saturated carbocycles. The molecule has 0 N–H and O–H groups in total.